The number of aliphatic hydroxyl groups excluding tert-OH is 1. The summed E-state index contributed by atoms with van der Waals surface area (Å²) in [6.45, 7) is 1.92. The van der Waals surface area contributed by atoms with E-state index in [4.69, 9.17) is 0 Å². The van der Waals surface area contributed by atoms with E-state index >= 15 is 0 Å². The summed E-state index contributed by atoms with van der Waals surface area (Å²) in [5.41, 5.74) is 2.36. The van der Waals surface area contributed by atoms with E-state index in [-0.39, 0.29) is 17.4 Å². The largest absolute Gasteiger partial charge is 0.507 e. The lowest BCUT2D eigenvalue weighted by molar-refractivity contribution is -0.141. The van der Waals surface area contributed by atoms with E-state index in [1.807, 2.05) is 25.1 Å². The minimum Gasteiger partial charge on any atom is -0.507 e. The van der Waals surface area contributed by atoms with E-state index in [0.29, 0.717) is 5.56 Å². The van der Waals surface area contributed by atoms with Crippen molar-refractivity contribution in [2.75, 3.05) is 0 Å². The number of ketones is 1. The van der Waals surface area contributed by atoms with Crippen molar-refractivity contribution < 1.29 is 14.7 Å². The highest BCUT2D eigenvalue weighted by molar-refractivity contribution is 9.10. The molecule has 1 aliphatic carbocycles. The van der Waals surface area contributed by atoms with Gasteiger partial charge in [0.05, 0.1) is 11.6 Å². The van der Waals surface area contributed by atoms with Gasteiger partial charge in [-0.1, -0.05) is 47.3 Å². The zero-order valence-corrected chi connectivity index (χ0v) is 17.9. The first-order valence-corrected chi connectivity index (χ1v) is 10.7. The molecule has 1 aromatic carbocycles. The molecule has 150 valence electrons. The second kappa shape index (κ2) is 8.11. The van der Waals surface area contributed by atoms with Crippen molar-refractivity contribution in [3.05, 3.63) is 69.5 Å². The molecule has 0 bridgehead atoms. The van der Waals surface area contributed by atoms with Crippen molar-refractivity contribution in [3.63, 3.8) is 0 Å². The average Bonchev–Trinajstić information content (AvgIpc) is 3.01. The molecule has 4 rings (SSSR count). The number of aryl methyl sites for hydroxylation is 1. The number of amides is 1. The molecule has 1 amide bonds. The Morgan fingerprint density at radius 3 is 2.59 bits per heavy atom. The normalized spacial score (nSPS) is 22.3. The molecule has 6 heteroatoms. The lowest BCUT2D eigenvalue weighted by Gasteiger charge is -2.35. The summed E-state index contributed by atoms with van der Waals surface area (Å²) in [6.07, 6.45) is 8.32. The summed E-state index contributed by atoms with van der Waals surface area (Å²) in [6, 6.07) is 8.44. The van der Waals surface area contributed by atoms with E-state index in [9.17, 15) is 14.7 Å². The van der Waals surface area contributed by atoms with Crippen LogP contribution in [0.4, 0.5) is 0 Å². The number of nitrogens with zero attached hydrogens (tertiary/aromatic N) is 2. The van der Waals surface area contributed by atoms with Crippen LogP contribution in [0.25, 0.3) is 5.76 Å². The fraction of sp³-hybridized carbons (Fsp3) is 0.348. The van der Waals surface area contributed by atoms with Crippen LogP contribution in [0.5, 0.6) is 0 Å². The maximum atomic E-state index is 13.1. The zero-order valence-electron chi connectivity index (χ0n) is 16.3. The summed E-state index contributed by atoms with van der Waals surface area (Å²) in [5.74, 6) is -1.28. The Morgan fingerprint density at radius 2 is 1.93 bits per heavy atom. The van der Waals surface area contributed by atoms with Gasteiger partial charge in [0.25, 0.3) is 11.7 Å². The van der Waals surface area contributed by atoms with Gasteiger partial charge in [0.2, 0.25) is 0 Å². The summed E-state index contributed by atoms with van der Waals surface area (Å²) >= 11 is 3.46. The van der Waals surface area contributed by atoms with Crippen LogP contribution in [0.2, 0.25) is 0 Å². The fourth-order valence-corrected chi connectivity index (χ4v) is 4.64. The Bertz CT molecular complexity index is 981. The van der Waals surface area contributed by atoms with E-state index in [1.165, 1.54) is 0 Å². The number of aromatic nitrogens is 1. The average molecular weight is 455 g/mol. The third kappa shape index (κ3) is 3.62. The van der Waals surface area contributed by atoms with Crippen LogP contribution in [0.1, 0.15) is 54.8 Å². The van der Waals surface area contributed by atoms with Crippen LogP contribution < -0.4 is 0 Å². The minimum absolute atomic E-state index is 0.00219. The predicted molar refractivity (Wildman–Crippen MR) is 114 cm³/mol. The molecule has 2 heterocycles. The Labute approximate surface area is 178 Å². The molecule has 1 saturated heterocycles. The molecule has 2 fully saturated rings. The van der Waals surface area contributed by atoms with Gasteiger partial charge in [-0.05, 0) is 49.1 Å². The number of pyridine rings is 1. The van der Waals surface area contributed by atoms with Crippen molar-refractivity contribution >= 4 is 33.4 Å². The molecule has 1 N–H and O–H groups in total. The van der Waals surface area contributed by atoms with Crippen LogP contribution in [0, 0.1) is 6.92 Å². The highest BCUT2D eigenvalue weighted by Gasteiger charge is 2.48. The lowest BCUT2D eigenvalue weighted by Crippen LogP contribution is -2.40. The fourth-order valence-electron chi connectivity index (χ4n) is 4.40. The first-order chi connectivity index (χ1) is 14.0. The second-order valence-electron chi connectivity index (χ2n) is 7.75. The van der Waals surface area contributed by atoms with Gasteiger partial charge in [-0.3, -0.25) is 14.6 Å². The second-order valence-corrected chi connectivity index (χ2v) is 8.60. The zero-order chi connectivity index (χ0) is 20.5. The Kier molecular flexibility index (Phi) is 5.54. The maximum Gasteiger partial charge on any atom is 0.295 e. The van der Waals surface area contributed by atoms with Crippen molar-refractivity contribution in [2.45, 2.75) is 51.1 Å². The molecular weight excluding hydrogens is 432 g/mol. The molecule has 2 aromatic rings. The number of likely N-dealkylation sites (tertiary alicyclic amines) is 1. The van der Waals surface area contributed by atoms with Crippen LogP contribution in [0.15, 0.2) is 52.8 Å². The number of aliphatic hydroxyl groups is 1. The molecule has 5 nitrogen and oxygen atoms in total. The van der Waals surface area contributed by atoms with Gasteiger partial charge >= 0.3 is 0 Å². The molecule has 0 spiro atoms. The first-order valence-electron chi connectivity index (χ1n) is 9.95. The quantitative estimate of drug-likeness (QED) is 0.406. The highest BCUT2D eigenvalue weighted by Crippen LogP contribution is 2.42. The number of hydrogen-bond donors (Lipinski definition) is 1. The minimum atomic E-state index is -0.623. The van der Waals surface area contributed by atoms with Crippen molar-refractivity contribution in [2.24, 2.45) is 0 Å². The number of benzene rings is 1. The van der Waals surface area contributed by atoms with E-state index in [1.54, 1.807) is 29.4 Å². The van der Waals surface area contributed by atoms with E-state index in [0.717, 1.165) is 47.7 Å². The SMILES string of the molecule is Cc1cc(/C(O)=C2/C(=O)C(=O)N(C3CCCCC3)C2c2cccnc2)ccc1Br. The number of Topliss-reactive ketones (excluding diaryl/α,β-unsaturated/α-hetero) is 1. The summed E-state index contributed by atoms with van der Waals surface area (Å²) in [4.78, 5) is 32.0. The van der Waals surface area contributed by atoms with Crippen LogP contribution >= 0.6 is 15.9 Å². The lowest BCUT2D eigenvalue weighted by atomic mass is 9.91. The third-order valence-corrected chi connectivity index (χ3v) is 6.77. The van der Waals surface area contributed by atoms with Gasteiger partial charge in [-0.2, -0.15) is 0 Å². The number of hydrogen-bond acceptors (Lipinski definition) is 4. The van der Waals surface area contributed by atoms with Crippen LogP contribution in [-0.4, -0.2) is 32.7 Å². The van der Waals surface area contributed by atoms with E-state index < -0.39 is 17.7 Å². The predicted octanol–water partition coefficient (Wildman–Crippen LogP) is 4.91. The smallest absolute Gasteiger partial charge is 0.295 e. The molecule has 1 aliphatic heterocycles. The number of halogens is 1. The third-order valence-electron chi connectivity index (χ3n) is 5.88. The van der Waals surface area contributed by atoms with Crippen LogP contribution in [-0.2, 0) is 9.59 Å². The number of rotatable bonds is 3. The van der Waals surface area contributed by atoms with Gasteiger partial charge < -0.3 is 10.0 Å². The van der Waals surface area contributed by atoms with Crippen LogP contribution in [0.3, 0.4) is 0 Å². The Balaban J connectivity index is 1.87. The van der Waals surface area contributed by atoms with Gasteiger partial charge in [-0.15, -0.1) is 0 Å². The van der Waals surface area contributed by atoms with Gasteiger partial charge in [-0.25, -0.2) is 0 Å². The summed E-state index contributed by atoms with van der Waals surface area (Å²) in [7, 11) is 0. The van der Waals surface area contributed by atoms with Gasteiger partial charge in [0, 0.05) is 28.5 Å². The standard InChI is InChI=1S/C23H23BrN2O3/c1-14-12-15(9-10-18(14)24)21(27)19-20(16-6-5-11-25-13-16)26(23(29)22(19)28)17-7-3-2-4-8-17/h5-6,9-13,17,20,27H,2-4,7-8H2,1H3/b21-19-. The molecule has 1 unspecified atom stereocenters. The van der Waals surface area contributed by atoms with Gasteiger partial charge in [0.1, 0.15) is 5.76 Å². The van der Waals surface area contributed by atoms with Crippen molar-refractivity contribution in [1.82, 2.24) is 9.88 Å². The molecule has 1 atom stereocenters. The molecule has 2 aliphatic rings. The summed E-state index contributed by atoms with van der Waals surface area (Å²) in [5, 5.41) is 11.1. The van der Waals surface area contributed by atoms with Crippen molar-refractivity contribution in [1.29, 1.82) is 0 Å². The number of carbonyl (C=O) groups is 2. The monoisotopic (exact) mass is 454 g/mol. The van der Waals surface area contributed by atoms with Gasteiger partial charge in [0.15, 0.2) is 0 Å². The molecule has 1 saturated carbocycles. The molecule has 0 radical (unpaired) electrons. The topological polar surface area (TPSA) is 70.5 Å². The summed E-state index contributed by atoms with van der Waals surface area (Å²) < 4.78 is 0.917. The Hall–Kier alpha value is -2.47. The molecule has 29 heavy (non-hydrogen) atoms. The molecule has 1 aromatic heterocycles. The molecular formula is C23H23BrN2O3. The van der Waals surface area contributed by atoms with Crippen molar-refractivity contribution in [3.8, 4) is 0 Å². The Morgan fingerprint density at radius 1 is 1.17 bits per heavy atom. The first kappa shape index (κ1) is 19.8. The van der Waals surface area contributed by atoms with E-state index in [2.05, 4.69) is 20.9 Å². The number of carbonyl (C=O) groups excluding carboxylic acids is 2. The maximum absolute atomic E-state index is 13.1. The highest BCUT2D eigenvalue weighted by atomic mass is 79.9.